The number of pyridine rings is 1. The summed E-state index contributed by atoms with van der Waals surface area (Å²) in [5.74, 6) is 3.48. The maximum Gasteiger partial charge on any atom is 0.247 e. The summed E-state index contributed by atoms with van der Waals surface area (Å²) in [6.07, 6.45) is 1.86. The number of thioether (sulfide) groups is 1. The van der Waals surface area contributed by atoms with Crippen molar-refractivity contribution in [1.29, 1.82) is 0 Å². The van der Waals surface area contributed by atoms with Gasteiger partial charge in [0, 0.05) is 45.6 Å². The van der Waals surface area contributed by atoms with Gasteiger partial charge >= 0.3 is 0 Å². The van der Waals surface area contributed by atoms with Gasteiger partial charge < -0.3 is 9.40 Å². The minimum atomic E-state index is 0.144. The summed E-state index contributed by atoms with van der Waals surface area (Å²) < 4.78 is 5.99. The van der Waals surface area contributed by atoms with Crippen molar-refractivity contribution in [3.8, 4) is 22.7 Å². The number of fused-ring (bicyclic) bond motifs is 1. The molecule has 1 aliphatic heterocycles. The number of nitrogens with one attached hydrogen (secondary N) is 2. The van der Waals surface area contributed by atoms with E-state index in [1.54, 1.807) is 0 Å². The van der Waals surface area contributed by atoms with E-state index in [1.807, 2.05) is 30.9 Å². The first-order valence-electron chi connectivity index (χ1n) is 9.83. The Morgan fingerprint density at radius 2 is 2.03 bits per heavy atom. The van der Waals surface area contributed by atoms with Crippen LogP contribution in [0.1, 0.15) is 43.0 Å². The Bertz CT molecular complexity index is 1170. The average molecular weight is 406 g/mol. The van der Waals surface area contributed by atoms with Crippen molar-refractivity contribution in [1.82, 2.24) is 25.5 Å². The van der Waals surface area contributed by atoms with Crippen LogP contribution in [-0.4, -0.2) is 31.8 Å². The predicted molar refractivity (Wildman–Crippen MR) is 117 cm³/mol. The Morgan fingerprint density at radius 1 is 1.14 bits per heavy atom. The van der Waals surface area contributed by atoms with Crippen LogP contribution < -0.4 is 5.32 Å². The van der Waals surface area contributed by atoms with Crippen LogP contribution in [0.5, 0.6) is 0 Å². The number of rotatable bonds is 4. The molecule has 6 nitrogen and oxygen atoms in total. The molecule has 1 atom stereocenters. The minimum Gasteiger partial charge on any atom is -0.419 e. The molecule has 1 saturated heterocycles. The molecular weight excluding hydrogens is 382 g/mol. The number of aromatic nitrogens is 4. The fourth-order valence-corrected chi connectivity index (χ4v) is 4.85. The van der Waals surface area contributed by atoms with Crippen molar-refractivity contribution in [3.05, 3.63) is 53.7 Å². The monoisotopic (exact) mass is 405 g/mol. The maximum absolute atomic E-state index is 5.99. The number of aryl methyl sites for hydroxylation is 1. The number of hydrogen-bond acceptors (Lipinski definition) is 6. The van der Waals surface area contributed by atoms with E-state index in [4.69, 9.17) is 4.42 Å². The van der Waals surface area contributed by atoms with E-state index in [1.165, 1.54) is 10.9 Å². The van der Waals surface area contributed by atoms with Gasteiger partial charge in [-0.2, -0.15) is 0 Å². The van der Waals surface area contributed by atoms with Gasteiger partial charge in [0.25, 0.3) is 0 Å². The summed E-state index contributed by atoms with van der Waals surface area (Å²) in [6, 6.07) is 10.6. The minimum absolute atomic E-state index is 0.144. The van der Waals surface area contributed by atoms with Gasteiger partial charge in [-0.25, -0.2) is 0 Å². The molecule has 1 aliphatic rings. The molecule has 0 bridgehead atoms. The quantitative estimate of drug-likeness (QED) is 0.495. The fourth-order valence-electron chi connectivity index (χ4n) is 3.92. The van der Waals surface area contributed by atoms with E-state index in [9.17, 15) is 0 Å². The van der Waals surface area contributed by atoms with Crippen LogP contribution in [0.4, 0.5) is 0 Å². The molecule has 0 aliphatic carbocycles. The summed E-state index contributed by atoms with van der Waals surface area (Å²) in [5.41, 5.74) is 6.66. The topological polar surface area (TPSA) is 79.6 Å². The Labute approximate surface area is 173 Å². The van der Waals surface area contributed by atoms with E-state index in [0.29, 0.717) is 17.7 Å². The molecule has 1 aromatic carbocycles. The van der Waals surface area contributed by atoms with Crippen LogP contribution in [0.15, 0.2) is 40.9 Å². The number of H-pyrrole nitrogens is 1. The number of nitrogens with zero attached hydrogens (tertiary/aromatic N) is 3. The van der Waals surface area contributed by atoms with Crippen molar-refractivity contribution < 1.29 is 4.42 Å². The lowest BCUT2D eigenvalue weighted by Crippen LogP contribution is -2.14. The third-order valence-electron chi connectivity index (χ3n) is 5.30. The lowest BCUT2D eigenvalue weighted by molar-refractivity contribution is 0.449. The molecule has 3 aromatic heterocycles. The molecule has 7 heteroatoms. The normalized spacial score (nSPS) is 16.9. The van der Waals surface area contributed by atoms with Gasteiger partial charge in [0.05, 0.1) is 11.7 Å². The molecule has 1 fully saturated rings. The maximum atomic E-state index is 5.99. The molecule has 5 rings (SSSR count). The highest BCUT2D eigenvalue weighted by molar-refractivity contribution is 7.99. The van der Waals surface area contributed by atoms with Gasteiger partial charge in [-0.05, 0) is 48.7 Å². The highest BCUT2D eigenvalue weighted by atomic mass is 32.2. The lowest BCUT2D eigenvalue weighted by atomic mass is 9.95. The molecule has 148 valence electrons. The van der Waals surface area contributed by atoms with Crippen LogP contribution in [0.25, 0.3) is 33.6 Å². The Morgan fingerprint density at radius 3 is 2.79 bits per heavy atom. The number of benzene rings is 1. The second-order valence-corrected chi connectivity index (χ2v) is 8.76. The van der Waals surface area contributed by atoms with Gasteiger partial charge in [-0.3, -0.25) is 10.3 Å². The second-order valence-electron chi connectivity index (χ2n) is 7.73. The van der Waals surface area contributed by atoms with Gasteiger partial charge in [0.15, 0.2) is 0 Å². The zero-order valence-corrected chi connectivity index (χ0v) is 17.5. The van der Waals surface area contributed by atoms with E-state index in [2.05, 4.69) is 63.6 Å². The summed E-state index contributed by atoms with van der Waals surface area (Å²) in [5, 5.41) is 13.1. The van der Waals surface area contributed by atoms with Gasteiger partial charge in [-0.15, -0.1) is 22.0 Å². The third kappa shape index (κ3) is 3.34. The summed E-state index contributed by atoms with van der Waals surface area (Å²) in [6.45, 7) is 6.46. The summed E-state index contributed by atoms with van der Waals surface area (Å²) in [4.78, 5) is 7.94. The SMILES string of the molecule is Cc1cc(-c2[nH]c3ccc(-c4nnc(C5CSCN5)o4)cc3c2C(C)C)ccn1. The summed E-state index contributed by atoms with van der Waals surface area (Å²) >= 11 is 1.84. The zero-order chi connectivity index (χ0) is 20.0. The lowest BCUT2D eigenvalue weighted by Gasteiger charge is -2.09. The first-order valence-corrected chi connectivity index (χ1v) is 11.0. The Hall–Kier alpha value is -2.64. The zero-order valence-electron chi connectivity index (χ0n) is 16.7. The van der Waals surface area contributed by atoms with Gasteiger partial charge in [0.1, 0.15) is 0 Å². The van der Waals surface area contributed by atoms with E-state index < -0.39 is 0 Å². The van der Waals surface area contributed by atoms with Crippen LogP contribution in [-0.2, 0) is 0 Å². The van der Waals surface area contributed by atoms with Crippen LogP contribution in [0, 0.1) is 6.92 Å². The molecule has 0 radical (unpaired) electrons. The molecule has 0 saturated carbocycles. The fraction of sp³-hybridized carbons (Fsp3) is 0.318. The smallest absolute Gasteiger partial charge is 0.247 e. The highest BCUT2D eigenvalue weighted by Gasteiger charge is 2.23. The largest absolute Gasteiger partial charge is 0.419 e. The molecule has 29 heavy (non-hydrogen) atoms. The molecular formula is C22H23N5OS. The predicted octanol–water partition coefficient (Wildman–Crippen LogP) is 5.05. The molecule has 4 aromatic rings. The molecule has 2 N–H and O–H groups in total. The second kappa shape index (κ2) is 7.31. The van der Waals surface area contributed by atoms with Crippen LogP contribution in [0.3, 0.4) is 0 Å². The highest BCUT2D eigenvalue weighted by Crippen LogP contribution is 2.37. The molecule has 4 heterocycles. The standard InChI is InChI=1S/C22H23N5OS/c1-12(2)19-16-9-15(21-26-27-22(28-21)18-10-29-11-24-18)4-5-17(16)25-20(19)14-6-7-23-13(3)8-14/h4-9,12,18,24-25H,10-11H2,1-3H3. The molecule has 1 unspecified atom stereocenters. The molecule has 0 amide bonds. The average Bonchev–Trinajstić information content (AvgIpc) is 3.45. The Balaban J connectivity index is 1.60. The van der Waals surface area contributed by atoms with Crippen molar-refractivity contribution in [2.45, 2.75) is 32.7 Å². The number of hydrogen-bond donors (Lipinski definition) is 2. The van der Waals surface area contributed by atoms with E-state index in [-0.39, 0.29) is 6.04 Å². The summed E-state index contributed by atoms with van der Waals surface area (Å²) in [7, 11) is 0. The van der Waals surface area contributed by atoms with E-state index in [0.717, 1.165) is 39.7 Å². The van der Waals surface area contributed by atoms with Crippen LogP contribution in [0.2, 0.25) is 0 Å². The first kappa shape index (κ1) is 18.4. The van der Waals surface area contributed by atoms with Crippen molar-refractivity contribution in [3.63, 3.8) is 0 Å². The third-order valence-corrected chi connectivity index (χ3v) is 6.24. The van der Waals surface area contributed by atoms with Gasteiger partial charge in [-0.1, -0.05) is 13.8 Å². The van der Waals surface area contributed by atoms with Gasteiger partial charge in [0.2, 0.25) is 11.8 Å². The van der Waals surface area contributed by atoms with Crippen LogP contribution >= 0.6 is 11.8 Å². The van der Waals surface area contributed by atoms with Crippen molar-refractivity contribution in [2.75, 3.05) is 11.6 Å². The number of aromatic amines is 1. The molecule has 0 spiro atoms. The van der Waals surface area contributed by atoms with Crippen molar-refractivity contribution in [2.24, 2.45) is 0 Å². The Kier molecular flexibility index (Phi) is 4.64. The van der Waals surface area contributed by atoms with Crippen molar-refractivity contribution >= 4 is 22.7 Å². The van der Waals surface area contributed by atoms with E-state index >= 15 is 0 Å². The first-order chi connectivity index (χ1) is 14.1.